The molecule has 0 spiro atoms. The highest BCUT2D eigenvalue weighted by Gasteiger charge is 2.12. The van der Waals surface area contributed by atoms with Gasteiger partial charge in [-0.2, -0.15) is 5.26 Å². The minimum Gasteiger partial charge on any atom is -0.397 e. The van der Waals surface area contributed by atoms with Crippen molar-refractivity contribution in [3.05, 3.63) is 23.8 Å². The first-order valence-corrected chi connectivity index (χ1v) is 6.36. The van der Waals surface area contributed by atoms with Gasteiger partial charge in [0.15, 0.2) is 0 Å². The molecule has 0 saturated heterocycles. The maximum Gasteiger partial charge on any atom is 0.251 e. The summed E-state index contributed by atoms with van der Waals surface area (Å²) in [6.07, 6.45) is 0.403. The lowest BCUT2D eigenvalue weighted by Gasteiger charge is -2.25. The SMILES string of the molecule is CNC(=O)c1ccc(N(CCC#N)CCOC)c(N)c1. The standard InChI is InChI=1S/C14H20N4O2/c1-17-14(19)11-4-5-13(12(16)10-11)18(7-3-6-15)8-9-20-2/h4-5,10H,3,7-9,16H2,1-2H3,(H,17,19). The number of hydrogen-bond donors (Lipinski definition) is 2. The summed E-state index contributed by atoms with van der Waals surface area (Å²) < 4.78 is 5.06. The number of anilines is 2. The molecule has 1 aromatic carbocycles. The molecule has 20 heavy (non-hydrogen) atoms. The van der Waals surface area contributed by atoms with Crippen LogP contribution in [0.3, 0.4) is 0 Å². The van der Waals surface area contributed by atoms with Crippen LogP contribution >= 0.6 is 0 Å². The van der Waals surface area contributed by atoms with E-state index in [4.69, 9.17) is 15.7 Å². The highest BCUT2D eigenvalue weighted by Crippen LogP contribution is 2.24. The summed E-state index contributed by atoms with van der Waals surface area (Å²) in [5, 5.41) is 11.3. The third-order valence-electron chi connectivity index (χ3n) is 2.92. The lowest BCUT2D eigenvalue weighted by molar-refractivity contribution is 0.0963. The molecule has 0 atom stereocenters. The molecule has 108 valence electrons. The number of hydrogen-bond acceptors (Lipinski definition) is 5. The van der Waals surface area contributed by atoms with E-state index in [2.05, 4.69) is 11.4 Å². The Labute approximate surface area is 119 Å². The number of rotatable bonds is 7. The molecule has 0 saturated carbocycles. The van der Waals surface area contributed by atoms with Gasteiger partial charge in [-0.25, -0.2) is 0 Å². The summed E-state index contributed by atoms with van der Waals surface area (Å²) in [5.74, 6) is -0.177. The molecule has 0 aliphatic rings. The van der Waals surface area contributed by atoms with Crippen molar-refractivity contribution in [3.63, 3.8) is 0 Å². The number of amides is 1. The summed E-state index contributed by atoms with van der Waals surface area (Å²) in [7, 11) is 3.20. The van der Waals surface area contributed by atoms with Gasteiger partial charge in [-0.1, -0.05) is 0 Å². The van der Waals surface area contributed by atoms with E-state index >= 15 is 0 Å². The first-order chi connectivity index (χ1) is 9.63. The zero-order chi connectivity index (χ0) is 15.0. The number of nitriles is 1. The van der Waals surface area contributed by atoms with E-state index in [-0.39, 0.29) is 5.91 Å². The quantitative estimate of drug-likeness (QED) is 0.725. The van der Waals surface area contributed by atoms with Crippen molar-refractivity contribution < 1.29 is 9.53 Å². The monoisotopic (exact) mass is 276 g/mol. The van der Waals surface area contributed by atoms with Crippen LogP contribution in [0.2, 0.25) is 0 Å². The second-order valence-electron chi connectivity index (χ2n) is 4.24. The van der Waals surface area contributed by atoms with Crippen LogP contribution in [-0.2, 0) is 4.74 Å². The molecule has 3 N–H and O–H groups in total. The molecule has 1 rings (SSSR count). The zero-order valence-electron chi connectivity index (χ0n) is 11.8. The number of nitrogens with two attached hydrogens (primary N) is 1. The van der Waals surface area contributed by atoms with Crippen molar-refractivity contribution in [1.29, 1.82) is 5.26 Å². The minimum absolute atomic E-state index is 0.177. The van der Waals surface area contributed by atoms with E-state index in [0.717, 1.165) is 5.69 Å². The van der Waals surface area contributed by atoms with Gasteiger partial charge in [0.2, 0.25) is 0 Å². The summed E-state index contributed by atoms with van der Waals surface area (Å²) in [6.45, 7) is 1.76. The predicted octanol–water partition coefficient (Wildman–Crippen LogP) is 0.995. The highest BCUT2D eigenvalue weighted by atomic mass is 16.5. The number of benzene rings is 1. The van der Waals surface area contributed by atoms with Gasteiger partial charge < -0.3 is 20.7 Å². The molecule has 1 aromatic rings. The van der Waals surface area contributed by atoms with E-state index < -0.39 is 0 Å². The lowest BCUT2D eigenvalue weighted by Crippen LogP contribution is -2.29. The van der Waals surface area contributed by atoms with Crippen LogP contribution in [-0.4, -0.2) is 39.8 Å². The van der Waals surface area contributed by atoms with Crippen molar-refractivity contribution >= 4 is 17.3 Å². The van der Waals surface area contributed by atoms with Crippen LogP contribution in [0.1, 0.15) is 16.8 Å². The van der Waals surface area contributed by atoms with Crippen molar-refractivity contribution in [3.8, 4) is 6.07 Å². The maximum absolute atomic E-state index is 11.5. The largest absolute Gasteiger partial charge is 0.397 e. The average Bonchev–Trinajstić information content (AvgIpc) is 2.47. The number of ether oxygens (including phenoxy) is 1. The number of nitrogens with one attached hydrogen (secondary N) is 1. The molecule has 0 bridgehead atoms. The van der Waals surface area contributed by atoms with E-state index in [0.29, 0.717) is 37.4 Å². The fourth-order valence-corrected chi connectivity index (χ4v) is 1.87. The molecule has 0 aliphatic heterocycles. The van der Waals surface area contributed by atoms with Gasteiger partial charge in [0, 0.05) is 32.8 Å². The third-order valence-corrected chi connectivity index (χ3v) is 2.92. The number of carbonyl (C=O) groups is 1. The molecular weight excluding hydrogens is 256 g/mol. The lowest BCUT2D eigenvalue weighted by atomic mass is 10.1. The Hall–Kier alpha value is -2.26. The fourth-order valence-electron chi connectivity index (χ4n) is 1.87. The molecule has 0 radical (unpaired) electrons. The van der Waals surface area contributed by atoms with E-state index in [1.165, 1.54) is 0 Å². The first-order valence-electron chi connectivity index (χ1n) is 6.36. The molecule has 0 unspecified atom stereocenters. The van der Waals surface area contributed by atoms with Gasteiger partial charge >= 0.3 is 0 Å². The molecule has 0 aliphatic carbocycles. The van der Waals surface area contributed by atoms with Gasteiger partial charge in [0.25, 0.3) is 5.91 Å². The Morgan fingerprint density at radius 2 is 2.25 bits per heavy atom. The van der Waals surface area contributed by atoms with Gasteiger partial charge in [0.05, 0.1) is 30.5 Å². The van der Waals surface area contributed by atoms with Crippen molar-refractivity contribution in [2.24, 2.45) is 0 Å². The van der Waals surface area contributed by atoms with E-state index in [1.807, 2.05) is 4.90 Å². The average molecular weight is 276 g/mol. The minimum atomic E-state index is -0.177. The van der Waals surface area contributed by atoms with Crippen LogP contribution in [0, 0.1) is 11.3 Å². The smallest absolute Gasteiger partial charge is 0.251 e. The van der Waals surface area contributed by atoms with E-state index in [1.54, 1.807) is 32.4 Å². The number of carbonyl (C=O) groups excluding carboxylic acids is 1. The molecule has 0 heterocycles. The van der Waals surface area contributed by atoms with Gasteiger partial charge in [-0.05, 0) is 18.2 Å². The van der Waals surface area contributed by atoms with Gasteiger partial charge in [-0.3, -0.25) is 4.79 Å². The second kappa shape index (κ2) is 8.02. The third kappa shape index (κ3) is 4.14. The Balaban J connectivity index is 2.95. The number of nitrogens with zero attached hydrogens (tertiary/aromatic N) is 2. The van der Waals surface area contributed by atoms with E-state index in [9.17, 15) is 4.79 Å². The second-order valence-corrected chi connectivity index (χ2v) is 4.24. The summed E-state index contributed by atoms with van der Waals surface area (Å²) in [6, 6.07) is 7.27. The zero-order valence-corrected chi connectivity index (χ0v) is 11.8. The summed E-state index contributed by atoms with van der Waals surface area (Å²) in [5.41, 5.74) is 7.85. The van der Waals surface area contributed by atoms with Crippen molar-refractivity contribution in [2.45, 2.75) is 6.42 Å². The van der Waals surface area contributed by atoms with Gasteiger partial charge in [-0.15, -0.1) is 0 Å². The predicted molar refractivity (Wildman–Crippen MR) is 78.6 cm³/mol. The highest BCUT2D eigenvalue weighted by molar-refractivity contribution is 5.96. The molecule has 6 nitrogen and oxygen atoms in total. The Morgan fingerprint density at radius 3 is 2.80 bits per heavy atom. The van der Waals surface area contributed by atoms with Crippen LogP contribution in [0.4, 0.5) is 11.4 Å². The van der Waals surface area contributed by atoms with Crippen LogP contribution < -0.4 is 16.0 Å². The fraction of sp³-hybridized carbons (Fsp3) is 0.429. The Kier molecular flexibility index (Phi) is 6.33. The summed E-state index contributed by atoms with van der Waals surface area (Å²) in [4.78, 5) is 13.5. The topological polar surface area (TPSA) is 91.4 Å². The van der Waals surface area contributed by atoms with Crippen molar-refractivity contribution in [2.75, 3.05) is 44.5 Å². The van der Waals surface area contributed by atoms with Crippen LogP contribution in [0.15, 0.2) is 18.2 Å². The first kappa shape index (κ1) is 15.8. The van der Waals surface area contributed by atoms with Gasteiger partial charge in [0.1, 0.15) is 0 Å². The molecule has 0 aromatic heterocycles. The number of nitrogen functional groups attached to an aromatic ring is 1. The van der Waals surface area contributed by atoms with Crippen LogP contribution in [0.5, 0.6) is 0 Å². The van der Waals surface area contributed by atoms with Crippen molar-refractivity contribution in [1.82, 2.24) is 5.32 Å². The Morgan fingerprint density at radius 1 is 1.50 bits per heavy atom. The molecule has 6 heteroatoms. The molecular formula is C14H20N4O2. The molecule has 0 fully saturated rings. The number of methoxy groups -OCH3 is 1. The normalized spacial score (nSPS) is 9.85. The summed E-state index contributed by atoms with van der Waals surface area (Å²) >= 11 is 0. The van der Waals surface area contributed by atoms with Crippen LogP contribution in [0.25, 0.3) is 0 Å². The Bertz CT molecular complexity index is 496. The maximum atomic E-state index is 11.5. The molecule has 1 amide bonds.